The smallest absolute Gasteiger partial charge is 0.335 e. The van der Waals surface area contributed by atoms with Crippen molar-refractivity contribution >= 4 is 11.9 Å². The lowest BCUT2D eigenvalue weighted by Crippen LogP contribution is -2.05. The van der Waals surface area contributed by atoms with Crippen molar-refractivity contribution in [3.63, 3.8) is 0 Å². The number of rotatable bonds is 1. The fourth-order valence-corrected chi connectivity index (χ4v) is 2.02. The van der Waals surface area contributed by atoms with E-state index in [1.54, 1.807) is 18.2 Å². The second-order valence-corrected chi connectivity index (χ2v) is 4.71. The number of hydrogen-bond donors (Lipinski definition) is 1. The SMILES string of the molecule is COC(C)=O.O=C(O)c1ccc2c(c1)Cc1ccccc1O2. The minimum Gasteiger partial charge on any atom is -0.478 e. The third-order valence-corrected chi connectivity index (χ3v) is 3.17. The molecule has 3 rings (SSSR count). The average Bonchev–Trinajstić information content (AvgIpc) is 2.52. The summed E-state index contributed by atoms with van der Waals surface area (Å²) in [5.74, 6) is 0.438. The second-order valence-electron chi connectivity index (χ2n) is 4.71. The Kier molecular flexibility index (Phi) is 4.78. The van der Waals surface area contributed by atoms with E-state index in [1.165, 1.54) is 14.0 Å². The number of hydrogen-bond acceptors (Lipinski definition) is 4. The number of carbonyl (C=O) groups excluding carboxylic acids is 1. The van der Waals surface area contributed by atoms with Crippen LogP contribution in [0.25, 0.3) is 0 Å². The lowest BCUT2D eigenvalue weighted by atomic mass is 9.99. The van der Waals surface area contributed by atoms with Gasteiger partial charge in [0, 0.05) is 18.9 Å². The highest BCUT2D eigenvalue weighted by Gasteiger charge is 2.17. The van der Waals surface area contributed by atoms with E-state index >= 15 is 0 Å². The zero-order valence-corrected chi connectivity index (χ0v) is 12.3. The molecule has 2 aromatic rings. The fraction of sp³-hybridized carbons (Fsp3) is 0.176. The normalized spacial score (nSPS) is 11.0. The summed E-state index contributed by atoms with van der Waals surface area (Å²) in [5, 5.41) is 8.94. The van der Waals surface area contributed by atoms with Gasteiger partial charge < -0.3 is 14.6 Å². The van der Waals surface area contributed by atoms with Crippen molar-refractivity contribution in [2.75, 3.05) is 7.11 Å². The molecular weight excluding hydrogens is 284 g/mol. The number of ether oxygens (including phenoxy) is 2. The summed E-state index contributed by atoms with van der Waals surface area (Å²) in [6.07, 6.45) is 0.715. The fourth-order valence-electron chi connectivity index (χ4n) is 2.02. The van der Waals surface area contributed by atoms with Crippen LogP contribution in [0.15, 0.2) is 42.5 Å². The molecule has 0 spiro atoms. The van der Waals surface area contributed by atoms with Crippen molar-refractivity contribution in [1.29, 1.82) is 0 Å². The molecule has 0 atom stereocenters. The first-order valence-electron chi connectivity index (χ1n) is 6.67. The van der Waals surface area contributed by atoms with E-state index in [1.807, 2.05) is 24.3 Å². The van der Waals surface area contributed by atoms with E-state index in [2.05, 4.69) is 4.74 Å². The molecule has 2 aromatic carbocycles. The summed E-state index contributed by atoms with van der Waals surface area (Å²) >= 11 is 0. The van der Waals surface area contributed by atoms with Crippen LogP contribution in [0, 0.1) is 0 Å². The van der Waals surface area contributed by atoms with Crippen LogP contribution >= 0.6 is 0 Å². The summed E-state index contributed by atoms with van der Waals surface area (Å²) in [6.45, 7) is 1.36. The molecule has 0 fully saturated rings. The van der Waals surface area contributed by atoms with Crippen LogP contribution in [0.2, 0.25) is 0 Å². The van der Waals surface area contributed by atoms with Crippen LogP contribution in [0.1, 0.15) is 28.4 Å². The molecule has 114 valence electrons. The molecule has 1 aliphatic heterocycles. The lowest BCUT2D eigenvalue weighted by Gasteiger charge is -2.20. The van der Waals surface area contributed by atoms with Crippen molar-refractivity contribution < 1.29 is 24.2 Å². The van der Waals surface area contributed by atoms with E-state index in [9.17, 15) is 9.59 Å². The van der Waals surface area contributed by atoms with Crippen LogP contribution < -0.4 is 4.74 Å². The van der Waals surface area contributed by atoms with Gasteiger partial charge in [-0.05, 0) is 29.8 Å². The highest BCUT2D eigenvalue weighted by Crippen LogP contribution is 2.36. The van der Waals surface area contributed by atoms with Gasteiger partial charge in [-0.1, -0.05) is 18.2 Å². The van der Waals surface area contributed by atoms with Gasteiger partial charge in [-0.25, -0.2) is 4.79 Å². The standard InChI is InChI=1S/C14H10O3.C3H6O2/c15-14(16)10-5-6-13-11(8-10)7-9-3-1-2-4-12(9)17-13;1-3(4)5-2/h1-6,8H,7H2,(H,15,16);1-2H3. The summed E-state index contributed by atoms with van der Waals surface area (Å²) in [7, 11) is 1.35. The predicted molar refractivity (Wildman–Crippen MR) is 80.4 cm³/mol. The molecule has 0 amide bonds. The van der Waals surface area contributed by atoms with Crippen LogP contribution in [0.4, 0.5) is 0 Å². The molecule has 0 bridgehead atoms. The van der Waals surface area contributed by atoms with Gasteiger partial charge in [-0.3, -0.25) is 4.79 Å². The minimum atomic E-state index is -0.911. The third-order valence-electron chi connectivity index (χ3n) is 3.17. The second kappa shape index (κ2) is 6.76. The summed E-state index contributed by atoms with van der Waals surface area (Å²) in [6, 6.07) is 12.7. The molecule has 5 nitrogen and oxygen atoms in total. The van der Waals surface area contributed by atoms with E-state index in [0.717, 1.165) is 22.6 Å². The highest BCUT2D eigenvalue weighted by atomic mass is 16.5. The van der Waals surface area contributed by atoms with Gasteiger partial charge in [0.25, 0.3) is 0 Å². The molecule has 0 aromatic heterocycles. The number of aromatic carboxylic acids is 1. The quantitative estimate of drug-likeness (QED) is 0.698. The van der Waals surface area contributed by atoms with Gasteiger partial charge in [-0.15, -0.1) is 0 Å². The van der Waals surface area contributed by atoms with Gasteiger partial charge in [-0.2, -0.15) is 0 Å². The Morgan fingerprint density at radius 3 is 2.36 bits per heavy atom. The summed E-state index contributed by atoms with van der Waals surface area (Å²) in [5.41, 5.74) is 2.30. The van der Waals surface area contributed by atoms with Crippen LogP contribution in [-0.2, 0) is 16.0 Å². The Balaban J connectivity index is 0.000000309. The van der Waals surface area contributed by atoms with Gasteiger partial charge in [0.05, 0.1) is 12.7 Å². The molecule has 0 saturated carbocycles. The molecule has 1 heterocycles. The largest absolute Gasteiger partial charge is 0.478 e. The lowest BCUT2D eigenvalue weighted by molar-refractivity contribution is -0.137. The maximum Gasteiger partial charge on any atom is 0.335 e. The first-order valence-corrected chi connectivity index (χ1v) is 6.67. The van der Waals surface area contributed by atoms with E-state index in [0.29, 0.717) is 12.0 Å². The van der Waals surface area contributed by atoms with Gasteiger partial charge in [0.2, 0.25) is 0 Å². The first kappa shape index (κ1) is 15.6. The van der Waals surface area contributed by atoms with Gasteiger partial charge >= 0.3 is 11.9 Å². The molecule has 5 heteroatoms. The number of carbonyl (C=O) groups is 2. The topological polar surface area (TPSA) is 72.8 Å². The van der Waals surface area contributed by atoms with Gasteiger partial charge in [0.15, 0.2) is 0 Å². The van der Waals surface area contributed by atoms with Crippen molar-refractivity contribution in [3.8, 4) is 11.5 Å². The zero-order chi connectivity index (χ0) is 16.1. The summed E-state index contributed by atoms with van der Waals surface area (Å²) < 4.78 is 9.83. The van der Waals surface area contributed by atoms with E-state index in [-0.39, 0.29) is 5.97 Å². The minimum absolute atomic E-state index is 0.245. The highest BCUT2D eigenvalue weighted by molar-refractivity contribution is 5.88. The van der Waals surface area contributed by atoms with Crippen LogP contribution in [0.5, 0.6) is 11.5 Å². The van der Waals surface area contributed by atoms with E-state index in [4.69, 9.17) is 9.84 Å². The molecule has 0 radical (unpaired) electrons. The molecule has 1 N–H and O–H groups in total. The number of esters is 1. The first-order chi connectivity index (χ1) is 10.5. The molecular formula is C17H16O5. The molecule has 22 heavy (non-hydrogen) atoms. The van der Waals surface area contributed by atoms with Crippen molar-refractivity contribution in [2.45, 2.75) is 13.3 Å². The number of methoxy groups -OCH3 is 1. The Hall–Kier alpha value is -2.82. The number of benzene rings is 2. The maximum absolute atomic E-state index is 10.9. The van der Waals surface area contributed by atoms with Crippen LogP contribution in [0.3, 0.4) is 0 Å². The summed E-state index contributed by atoms with van der Waals surface area (Å²) in [4.78, 5) is 20.5. The molecule has 0 aliphatic carbocycles. The monoisotopic (exact) mass is 300 g/mol. The molecule has 1 aliphatic rings. The van der Waals surface area contributed by atoms with Gasteiger partial charge in [0.1, 0.15) is 11.5 Å². The Bertz CT molecular complexity index is 706. The number of carboxylic acids is 1. The number of para-hydroxylation sites is 1. The van der Waals surface area contributed by atoms with E-state index < -0.39 is 5.97 Å². The average molecular weight is 300 g/mol. The zero-order valence-electron chi connectivity index (χ0n) is 12.3. The predicted octanol–water partition coefficient (Wildman–Crippen LogP) is 3.26. The Labute approximate surface area is 128 Å². The molecule has 0 saturated heterocycles. The Morgan fingerprint density at radius 2 is 1.73 bits per heavy atom. The van der Waals surface area contributed by atoms with Crippen LogP contribution in [-0.4, -0.2) is 24.2 Å². The third kappa shape index (κ3) is 3.63. The van der Waals surface area contributed by atoms with Crippen molar-refractivity contribution in [2.24, 2.45) is 0 Å². The van der Waals surface area contributed by atoms with Crippen molar-refractivity contribution in [1.82, 2.24) is 0 Å². The molecule has 0 unspecified atom stereocenters. The maximum atomic E-state index is 10.9. The number of carboxylic acid groups (broad SMARTS) is 1. The Morgan fingerprint density at radius 1 is 1.09 bits per heavy atom. The number of fused-ring (bicyclic) bond motifs is 2. The van der Waals surface area contributed by atoms with Crippen molar-refractivity contribution in [3.05, 3.63) is 59.2 Å².